The van der Waals surface area contributed by atoms with E-state index in [9.17, 15) is 0 Å². The Morgan fingerprint density at radius 3 is 1.86 bits per heavy atom. The molecule has 0 heterocycles. The van der Waals surface area contributed by atoms with E-state index in [-0.39, 0.29) is 11.6 Å². The summed E-state index contributed by atoms with van der Waals surface area (Å²) in [7, 11) is -2.47. The Balaban J connectivity index is 2.66. The molecule has 0 N–H and O–H groups in total. The number of rotatable bonds is 4. The van der Waals surface area contributed by atoms with Crippen LogP contribution < -0.4 is 10.4 Å². The van der Waals surface area contributed by atoms with Crippen molar-refractivity contribution in [1.29, 1.82) is 0 Å². The summed E-state index contributed by atoms with van der Waals surface area (Å²) in [6.45, 7) is 6.98. The fourth-order valence-electron chi connectivity index (χ4n) is 2.91. The molecule has 2 heteroatoms. The van der Waals surface area contributed by atoms with Gasteiger partial charge in [0.25, 0.3) is 8.32 Å². The van der Waals surface area contributed by atoms with Gasteiger partial charge in [-0.1, -0.05) is 87.4 Å². The summed E-state index contributed by atoms with van der Waals surface area (Å²) in [5, 5.41) is 2.43. The Morgan fingerprint density at radius 2 is 1.48 bits per heavy atom. The van der Waals surface area contributed by atoms with Crippen molar-refractivity contribution in [3.05, 3.63) is 60.7 Å². The molecule has 0 aliphatic rings. The number of terminal acetylenes is 1. The van der Waals surface area contributed by atoms with Gasteiger partial charge < -0.3 is 4.43 Å². The average Bonchev–Trinajstić information content (AvgIpc) is 2.52. The quantitative estimate of drug-likeness (QED) is 0.622. The number of hydrogen-bond acceptors (Lipinski definition) is 1. The summed E-state index contributed by atoms with van der Waals surface area (Å²) in [6.07, 6.45) is 2.19. The molecular formula is C19H22OSi. The first-order valence-corrected chi connectivity index (χ1v) is 9.08. The molecule has 0 fully saturated rings. The predicted octanol–water partition coefficient (Wildman–Crippen LogP) is 3.20. The van der Waals surface area contributed by atoms with Crippen LogP contribution >= 0.6 is 0 Å². The van der Waals surface area contributed by atoms with Crippen molar-refractivity contribution in [1.82, 2.24) is 0 Å². The highest BCUT2D eigenvalue weighted by molar-refractivity contribution is 6.99. The van der Waals surface area contributed by atoms with Crippen LogP contribution in [0.5, 0.6) is 0 Å². The minimum Gasteiger partial charge on any atom is -0.396 e. The zero-order chi connectivity index (χ0) is 16.1. The molecule has 108 valence electrons. The summed E-state index contributed by atoms with van der Waals surface area (Å²) < 4.78 is 13.5. The second-order valence-corrected chi connectivity index (χ2v) is 10.4. The second-order valence-electron chi connectivity index (χ2n) is 6.13. The predicted molar refractivity (Wildman–Crippen MR) is 92.4 cm³/mol. The van der Waals surface area contributed by atoms with E-state index in [0.717, 1.165) is 0 Å². The molecule has 0 aliphatic carbocycles. The third-order valence-electron chi connectivity index (χ3n) is 3.78. The van der Waals surface area contributed by atoms with Gasteiger partial charge in [0.2, 0.25) is 0 Å². The van der Waals surface area contributed by atoms with E-state index in [1.165, 1.54) is 10.4 Å². The van der Waals surface area contributed by atoms with Crippen molar-refractivity contribution in [2.24, 2.45) is 0 Å². The lowest BCUT2D eigenvalue weighted by Gasteiger charge is -2.42. The summed E-state index contributed by atoms with van der Waals surface area (Å²) in [6, 6.07) is 20.9. The SMILES string of the molecule is [2H]C#CCO[Si](c1ccccc1)(c1ccccc1)C(C)(C)C. The maximum absolute atomic E-state index is 7.05. The normalized spacial score (nSPS) is 12.2. The second kappa shape index (κ2) is 6.30. The lowest BCUT2D eigenvalue weighted by Crippen LogP contribution is -2.66. The fraction of sp³-hybridized carbons (Fsp3) is 0.263. The Bertz CT molecular complexity index is 611. The highest BCUT2D eigenvalue weighted by Crippen LogP contribution is 2.36. The van der Waals surface area contributed by atoms with Gasteiger partial charge in [-0.05, 0) is 15.4 Å². The van der Waals surface area contributed by atoms with E-state index in [0.29, 0.717) is 0 Å². The Labute approximate surface area is 130 Å². The molecule has 21 heavy (non-hydrogen) atoms. The van der Waals surface area contributed by atoms with E-state index in [4.69, 9.17) is 5.80 Å². The molecule has 0 bridgehead atoms. The Kier molecular flexibility index (Phi) is 4.24. The van der Waals surface area contributed by atoms with Crippen LogP contribution in [0.15, 0.2) is 60.7 Å². The van der Waals surface area contributed by atoms with Gasteiger partial charge in [0.05, 0.1) is 6.61 Å². The van der Waals surface area contributed by atoms with Gasteiger partial charge in [-0.25, -0.2) is 0 Å². The summed E-state index contributed by atoms with van der Waals surface area (Å²) in [5.74, 6) is 2.74. The van der Waals surface area contributed by atoms with Crippen molar-refractivity contribution in [2.45, 2.75) is 25.8 Å². The average molecular weight is 295 g/mol. The molecule has 0 radical (unpaired) electrons. The Hall–Kier alpha value is -1.82. The first-order chi connectivity index (χ1) is 10.5. The van der Waals surface area contributed by atoms with Gasteiger partial charge in [0.15, 0.2) is 0 Å². The highest BCUT2D eigenvalue weighted by atomic mass is 28.4. The standard InChI is InChI=1S/C19H22OSi/c1-5-16-20-21(19(2,3)4,17-12-8-6-9-13-17)18-14-10-7-11-15-18/h1,6-15H,16H2,2-4H3/i1D. The lowest BCUT2D eigenvalue weighted by molar-refractivity contribution is 0.346. The van der Waals surface area contributed by atoms with Gasteiger partial charge in [0, 0.05) is 0 Å². The van der Waals surface area contributed by atoms with Gasteiger partial charge in [0.1, 0.15) is 1.37 Å². The molecular weight excluding hydrogens is 272 g/mol. The van der Waals surface area contributed by atoms with Crippen LogP contribution in [0.2, 0.25) is 5.04 Å². The van der Waals surface area contributed by atoms with E-state index in [2.05, 4.69) is 81.6 Å². The highest BCUT2D eigenvalue weighted by Gasteiger charge is 2.49. The van der Waals surface area contributed by atoms with Gasteiger partial charge >= 0.3 is 0 Å². The summed E-state index contributed by atoms with van der Waals surface area (Å²) in [5.41, 5.74) is 0. The lowest BCUT2D eigenvalue weighted by atomic mass is 10.2. The molecule has 1 nitrogen and oxygen atoms in total. The van der Waals surface area contributed by atoms with E-state index >= 15 is 0 Å². The number of hydrogen-bond donors (Lipinski definition) is 0. The third kappa shape index (κ3) is 2.95. The first kappa shape index (κ1) is 14.1. The van der Waals surface area contributed by atoms with E-state index in [1.54, 1.807) is 0 Å². The van der Waals surface area contributed by atoms with Crippen molar-refractivity contribution >= 4 is 18.7 Å². The molecule has 0 saturated heterocycles. The molecule has 0 aliphatic heterocycles. The van der Waals surface area contributed by atoms with Crippen LogP contribution in [0.25, 0.3) is 0 Å². The summed E-state index contributed by atoms with van der Waals surface area (Å²) >= 11 is 0. The minimum absolute atomic E-state index is 0.0422. The molecule has 0 amide bonds. The fourth-order valence-corrected chi connectivity index (χ4v) is 7.35. The molecule has 0 unspecified atom stereocenters. The molecule has 0 saturated carbocycles. The van der Waals surface area contributed by atoms with Gasteiger partial charge in [-0.3, -0.25) is 0 Å². The molecule has 0 atom stereocenters. The molecule has 0 aromatic heterocycles. The van der Waals surface area contributed by atoms with Crippen molar-refractivity contribution in [2.75, 3.05) is 6.61 Å². The van der Waals surface area contributed by atoms with Gasteiger partial charge in [-0.15, -0.1) is 6.40 Å². The van der Waals surface area contributed by atoms with Gasteiger partial charge in [-0.2, -0.15) is 0 Å². The van der Waals surface area contributed by atoms with Crippen LogP contribution in [-0.2, 0) is 4.43 Å². The molecule has 0 spiro atoms. The first-order valence-electron chi connectivity index (χ1n) is 7.67. The maximum Gasteiger partial charge on any atom is 0.262 e. The Morgan fingerprint density at radius 1 is 1.00 bits per heavy atom. The number of benzene rings is 2. The smallest absolute Gasteiger partial charge is 0.262 e. The van der Waals surface area contributed by atoms with E-state index < -0.39 is 8.32 Å². The topological polar surface area (TPSA) is 9.23 Å². The molecule has 2 aromatic rings. The summed E-state index contributed by atoms with van der Waals surface area (Å²) in [4.78, 5) is 0. The minimum atomic E-state index is -2.47. The zero-order valence-electron chi connectivity index (χ0n) is 13.9. The van der Waals surface area contributed by atoms with E-state index in [1.807, 2.05) is 12.1 Å². The van der Waals surface area contributed by atoms with Crippen LogP contribution in [0.4, 0.5) is 0 Å². The van der Waals surface area contributed by atoms with Crippen LogP contribution in [0.3, 0.4) is 0 Å². The maximum atomic E-state index is 7.05. The third-order valence-corrected chi connectivity index (χ3v) is 8.76. The van der Waals surface area contributed by atoms with Crippen molar-refractivity contribution in [3.63, 3.8) is 0 Å². The molecule has 2 aromatic carbocycles. The monoisotopic (exact) mass is 295 g/mol. The van der Waals surface area contributed by atoms with Crippen molar-refractivity contribution in [3.8, 4) is 12.3 Å². The van der Waals surface area contributed by atoms with Crippen LogP contribution in [-0.4, -0.2) is 14.9 Å². The largest absolute Gasteiger partial charge is 0.396 e. The van der Waals surface area contributed by atoms with Crippen molar-refractivity contribution < 1.29 is 5.80 Å². The zero-order valence-corrected chi connectivity index (χ0v) is 13.9. The molecule has 2 rings (SSSR count). The van der Waals surface area contributed by atoms with Crippen LogP contribution in [0.1, 0.15) is 22.1 Å². The van der Waals surface area contributed by atoms with Crippen LogP contribution in [0, 0.1) is 12.3 Å².